The Hall–Kier alpha value is -1.64. The molecular formula is C12H15NO2. The Kier molecular flexibility index (Phi) is 4.54. The van der Waals surface area contributed by atoms with Gasteiger partial charge in [0.25, 0.3) is 0 Å². The minimum atomic E-state index is -0.493. The molecule has 1 atom stereocenters. The molecule has 0 aliphatic rings. The quantitative estimate of drug-likeness (QED) is 0.543. The molecule has 0 fully saturated rings. The van der Waals surface area contributed by atoms with Gasteiger partial charge in [-0.3, -0.25) is 4.99 Å². The van der Waals surface area contributed by atoms with Crippen LogP contribution in [0.3, 0.4) is 0 Å². The maximum absolute atomic E-state index is 11.4. The summed E-state index contributed by atoms with van der Waals surface area (Å²) in [5.74, 6) is -0.309. The number of nitrogens with zero attached hydrogens (tertiary/aromatic N) is 1. The van der Waals surface area contributed by atoms with Crippen LogP contribution in [0, 0.1) is 0 Å². The molecule has 0 amide bonds. The highest BCUT2D eigenvalue weighted by Gasteiger charge is 2.17. The van der Waals surface area contributed by atoms with Gasteiger partial charge in [0.05, 0.1) is 6.61 Å². The summed E-state index contributed by atoms with van der Waals surface area (Å²) in [5.41, 5.74) is 1.06. The van der Waals surface area contributed by atoms with Crippen LogP contribution in [0.4, 0.5) is 0 Å². The van der Waals surface area contributed by atoms with E-state index in [1.54, 1.807) is 6.92 Å². The second kappa shape index (κ2) is 5.96. The number of ether oxygens (including phenoxy) is 1. The SMILES string of the molecule is C=N[C@@H](Cc1ccccc1)C(=O)OCC. The van der Waals surface area contributed by atoms with Crippen LogP contribution in [0.15, 0.2) is 35.3 Å². The van der Waals surface area contributed by atoms with Crippen molar-refractivity contribution in [3.8, 4) is 0 Å². The molecule has 1 aromatic carbocycles. The first-order chi connectivity index (χ1) is 7.27. The lowest BCUT2D eigenvalue weighted by Gasteiger charge is -2.10. The molecule has 3 nitrogen and oxygen atoms in total. The van der Waals surface area contributed by atoms with E-state index < -0.39 is 6.04 Å². The summed E-state index contributed by atoms with van der Waals surface area (Å²) < 4.78 is 4.89. The highest BCUT2D eigenvalue weighted by Crippen LogP contribution is 2.06. The molecular weight excluding hydrogens is 190 g/mol. The average Bonchev–Trinajstić information content (AvgIpc) is 2.27. The summed E-state index contributed by atoms with van der Waals surface area (Å²) in [6.07, 6.45) is 0.545. The summed E-state index contributed by atoms with van der Waals surface area (Å²) in [6, 6.07) is 9.22. The molecule has 0 saturated heterocycles. The monoisotopic (exact) mass is 205 g/mol. The lowest BCUT2D eigenvalue weighted by atomic mass is 10.1. The predicted molar refractivity (Wildman–Crippen MR) is 60.1 cm³/mol. The van der Waals surface area contributed by atoms with Crippen molar-refractivity contribution in [3.63, 3.8) is 0 Å². The summed E-state index contributed by atoms with van der Waals surface area (Å²) in [6.45, 7) is 5.56. The summed E-state index contributed by atoms with van der Waals surface area (Å²) in [4.78, 5) is 15.2. The van der Waals surface area contributed by atoms with E-state index in [4.69, 9.17) is 4.74 Å². The van der Waals surface area contributed by atoms with Crippen molar-refractivity contribution < 1.29 is 9.53 Å². The molecule has 0 unspecified atom stereocenters. The zero-order valence-corrected chi connectivity index (χ0v) is 8.85. The van der Waals surface area contributed by atoms with E-state index in [2.05, 4.69) is 11.7 Å². The topological polar surface area (TPSA) is 38.7 Å². The molecule has 0 N–H and O–H groups in total. The molecule has 0 aliphatic heterocycles. The Labute approximate surface area is 89.8 Å². The van der Waals surface area contributed by atoms with Crippen molar-refractivity contribution >= 4 is 12.7 Å². The third-order valence-corrected chi connectivity index (χ3v) is 2.05. The van der Waals surface area contributed by atoms with Crippen LogP contribution in [0.1, 0.15) is 12.5 Å². The van der Waals surface area contributed by atoms with E-state index in [0.717, 1.165) is 5.56 Å². The Balaban J connectivity index is 2.62. The second-order valence-corrected chi connectivity index (χ2v) is 3.14. The Morgan fingerprint density at radius 3 is 2.67 bits per heavy atom. The van der Waals surface area contributed by atoms with Gasteiger partial charge >= 0.3 is 5.97 Å². The van der Waals surface area contributed by atoms with Gasteiger partial charge in [-0.25, -0.2) is 4.79 Å². The first-order valence-electron chi connectivity index (χ1n) is 4.94. The van der Waals surface area contributed by atoms with E-state index in [0.29, 0.717) is 13.0 Å². The van der Waals surface area contributed by atoms with E-state index in [1.807, 2.05) is 30.3 Å². The smallest absolute Gasteiger partial charge is 0.331 e. The fourth-order valence-electron chi connectivity index (χ4n) is 1.30. The second-order valence-electron chi connectivity index (χ2n) is 3.14. The number of hydrogen-bond donors (Lipinski definition) is 0. The van der Waals surface area contributed by atoms with Gasteiger partial charge in [0, 0.05) is 6.42 Å². The highest BCUT2D eigenvalue weighted by atomic mass is 16.5. The molecule has 3 heteroatoms. The number of aliphatic imine (C=N–C) groups is 1. The number of carbonyl (C=O) groups is 1. The molecule has 15 heavy (non-hydrogen) atoms. The Morgan fingerprint density at radius 1 is 1.47 bits per heavy atom. The van der Waals surface area contributed by atoms with Crippen molar-refractivity contribution in [1.82, 2.24) is 0 Å². The van der Waals surface area contributed by atoms with E-state index in [9.17, 15) is 4.79 Å². The van der Waals surface area contributed by atoms with Gasteiger partial charge in [0.15, 0.2) is 6.04 Å². The van der Waals surface area contributed by atoms with E-state index in [1.165, 1.54) is 0 Å². The largest absolute Gasteiger partial charge is 0.464 e. The number of benzene rings is 1. The molecule has 0 aromatic heterocycles. The maximum atomic E-state index is 11.4. The maximum Gasteiger partial charge on any atom is 0.331 e. The third kappa shape index (κ3) is 3.54. The Morgan fingerprint density at radius 2 is 2.13 bits per heavy atom. The van der Waals surface area contributed by atoms with E-state index in [-0.39, 0.29) is 5.97 Å². The normalized spacial score (nSPS) is 11.8. The first-order valence-corrected chi connectivity index (χ1v) is 4.94. The zero-order chi connectivity index (χ0) is 11.1. The Bertz CT molecular complexity index is 322. The predicted octanol–water partition coefficient (Wildman–Crippen LogP) is 1.86. The number of esters is 1. The van der Waals surface area contributed by atoms with E-state index >= 15 is 0 Å². The van der Waals surface area contributed by atoms with Crippen LogP contribution >= 0.6 is 0 Å². The number of hydrogen-bond acceptors (Lipinski definition) is 3. The van der Waals surface area contributed by atoms with Crippen molar-refractivity contribution in [2.24, 2.45) is 4.99 Å². The van der Waals surface area contributed by atoms with Gasteiger partial charge in [-0.05, 0) is 19.2 Å². The third-order valence-electron chi connectivity index (χ3n) is 2.05. The van der Waals surface area contributed by atoms with Gasteiger partial charge in [-0.15, -0.1) is 0 Å². The molecule has 1 aromatic rings. The molecule has 0 heterocycles. The van der Waals surface area contributed by atoms with Gasteiger partial charge in [0.2, 0.25) is 0 Å². The van der Waals surface area contributed by atoms with Crippen LogP contribution in [-0.4, -0.2) is 25.3 Å². The average molecular weight is 205 g/mol. The standard InChI is InChI=1S/C12H15NO2/c1-3-15-12(14)11(13-2)9-10-7-5-4-6-8-10/h4-8,11H,2-3,9H2,1H3/t11-/m0/s1. The van der Waals surface area contributed by atoms with Gasteiger partial charge < -0.3 is 4.74 Å². The van der Waals surface area contributed by atoms with Crippen LogP contribution in [0.2, 0.25) is 0 Å². The number of rotatable bonds is 5. The molecule has 0 radical (unpaired) electrons. The number of carbonyl (C=O) groups excluding carboxylic acids is 1. The van der Waals surface area contributed by atoms with Crippen LogP contribution in [0.25, 0.3) is 0 Å². The molecule has 0 spiro atoms. The fourth-order valence-corrected chi connectivity index (χ4v) is 1.30. The fraction of sp³-hybridized carbons (Fsp3) is 0.333. The van der Waals surface area contributed by atoms with Gasteiger partial charge in [-0.2, -0.15) is 0 Å². The van der Waals surface area contributed by atoms with Crippen LogP contribution in [-0.2, 0) is 16.0 Å². The molecule has 1 rings (SSSR count). The van der Waals surface area contributed by atoms with Gasteiger partial charge in [-0.1, -0.05) is 30.3 Å². The van der Waals surface area contributed by atoms with Crippen molar-refractivity contribution in [1.29, 1.82) is 0 Å². The summed E-state index contributed by atoms with van der Waals surface area (Å²) in [7, 11) is 0. The van der Waals surface area contributed by atoms with Gasteiger partial charge in [0.1, 0.15) is 0 Å². The molecule has 0 saturated carbocycles. The molecule has 0 aliphatic carbocycles. The van der Waals surface area contributed by atoms with Crippen molar-refractivity contribution in [2.75, 3.05) is 6.61 Å². The lowest BCUT2D eigenvalue weighted by Crippen LogP contribution is -2.23. The lowest BCUT2D eigenvalue weighted by molar-refractivity contribution is -0.144. The molecule has 80 valence electrons. The van der Waals surface area contributed by atoms with Crippen LogP contribution in [0.5, 0.6) is 0 Å². The highest BCUT2D eigenvalue weighted by molar-refractivity contribution is 5.77. The van der Waals surface area contributed by atoms with Crippen LogP contribution < -0.4 is 0 Å². The summed E-state index contributed by atoms with van der Waals surface area (Å²) >= 11 is 0. The van der Waals surface area contributed by atoms with Crippen molar-refractivity contribution in [3.05, 3.63) is 35.9 Å². The zero-order valence-electron chi connectivity index (χ0n) is 8.85. The van der Waals surface area contributed by atoms with Crippen molar-refractivity contribution in [2.45, 2.75) is 19.4 Å². The minimum absolute atomic E-state index is 0.309. The minimum Gasteiger partial charge on any atom is -0.464 e. The first kappa shape index (κ1) is 11.4. The summed E-state index contributed by atoms with van der Waals surface area (Å²) in [5, 5.41) is 0. The molecule has 0 bridgehead atoms.